The molecule has 0 bridgehead atoms. The number of carboxylic acids is 1. The summed E-state index contributed by atoms with van der Waals surface area (Å²) in [7, 11) is 2.84. The molecular weight excluding hydrogens is 420 g/mol. The maximum Gasteiger partial charge on any atom is 0.340 e. The van der Waals surface area contributed by atoms with Gasteiger partial charge < -0.3 is 14.6 Å². The Bertz CT molecular complexity index is 1150. The van der Waals surface area contributed by atoms with E-state index < -0.39 is 11.9 Å². The second-order valence-electron chi connectivity index (χ2n) is 7.55. The quantitative estimate of drug-likeness (QED) is 0.356. The van der Waals surface area contributed by atoms with E-state index in [1.807, 2.05) is 34.9 Å². The largest absolute Gasteiger partial charge is 0.497 e. The summed E-state index contributed by atoms with van der Waals surface area (Å²) in [6.07, 6.45) is 6.07. The predicted molar refractivity (Wildman–Crippen MR) is 126 cm³/mol. The van der Waals surface area contributed by atoms with Gasteiger partial charge in [0.1, 0.15) is 11.6 Å². The minimum atomic E-state index is -1.01. The highest BCUT2D eigenvalue weighted by molar-refractivity contribution is 5.95. The zero-order valence-corrected chi connectivity index (χ0v) is 19.1. The van der Waals surface area contributed by atoms with Crippen LogP contribution < -0.4 is 4.74 Å². The summed E-state index contributed by atoms with van der Waals surface area (Å²) in [5.74, 6) is -0.272. The molecule has 0 aliphatic carbocycles. The summed E-state index contributed by atoms with van der Waals surface area (Å²) in [5.41, 5.74) is 2.55. The molecule has 0 saturated heterocycles. The Hall–Kier alpha value is -3.87. The molecule has 33 heavy (non-hydrogen) atoms. The summed E-state index contributed by atoms with van der Waals surface area (Å²) in [4.78, 5) is 29.2. The highest BCUT2D eigenvalue weighted by atomic mass is 16.5. The van der Waals surface area contributed by atoms with E-state index in [0.29, 0.717) is 29.1 Å². The number of aliphatic carboxylic acids is 1. The lowest BCUT2D eigenvalue weighted by molar-refractivity contribution is -0.132. The van der Waals surface area contributed by atoms with Gasteiger partial charge in [0, 0.05) is 18.4 Å². The van der Waals surface area contributed by atoms with Crippen LogP contribution in [0.1, 0.15) is 47.2 Å². The third-order valence-corrected chi connectivity index (χ3v) is 5.30. The number of esters is 1. The number of ether oxygens (including phenoxy) is 2. The summed E-state index contributed by atoms with van der Waals surface area (Å²) < 4.78 is 12.1. The molecule has 172 valence electrons. The first-order valence-corrected chi connectivity index (χ1v) is 10.8. The molecule has 0 atom stereocenters. The summed E-state index contributed by atoms with van der Waals surface area (Å²) in [6, 6.07) is 14.5. The first kappa shape index (κ1) is 23.8. The van der Waals surface area contributed by atoms with E-state index in [1.165, 1.54) is 14.2 Å². The minimum Gasteiger partial charge on any atom is -0.497 e. The maximum atomic E-state index is 12.6. The summed E-state index contributed by atoms with van der Waals surface area (Å²) in [5, 5.41) is 9.87. The zero-order chi connectivity index (χ0) is 23.8. The first-order chi connectivity index (χ1) is 16.0. The van der Waals surface area contributed by atoms with Crippen molar-refractivity contribution in [1.29, 1.82) is 0 Å². The van der Waals surface area contributed by atoms with Crippen LogP contribution in [0.25, 0.3) is 11.8 Å². The molecule has 2 aromatic carbocycles. The van der Waals surface area contributed by atoms with Gasteiger partial charge in [-0.2, -0.15) is 0 Å². The lowest BCUT2D eigenvalue weighted by atomic mass is 10.0. The highest BCUT2D eigenvalue weighted by Crippen LogP contribution is 2.27. The van der Waals surface area contributed by atoms with Crippen molar-refractivity contribution < 1.29 is 24.2 Å². The third-order valence-electron chi connectivity index (χ3n) is 5.30. The van der Waals surface area contributed by atoms with E-state index in [2.05, 4.69) is 11.9 Å². The zero-order valence-electron chi connectivity index (χ0n) is 19.1. The Kier molecular flexibility index (Phi) is 8.02. The Labute approximate surface area is 193 Å². The number of aryl methyl sites for hydroxylation is 1. The van der Waals surface area contributed by atoms with Gasteiger partial charge in [0.25, 0.3) is 0 Å². The molecule has 7 heteroatoms. The average Bonchev–Trinajstić information content (AvgIpc) is 3.23. The Morgan fingerprint density at radius 3 is 2.52 bits per heavy atom. The van der Waals surface area contributed by atoms with Crippen LogP contribution in [0.4, 0.5) is 0 Å². The van der Waals surface area contributed by atoms with Gasteiger partial charge in [-0.1, -0.05) is 43.7 Å². The van der Waals surface area contributed by atoms with E-state index in [1.54, 1.807) is 30.5 Å². The highest BCUT2D eigenvalue weighted by Gasteiger charge is 2.20. The average molecular weight is 449 g/mol. The van der Waals surface area contributed by atoms with E-state index in [-0.39, 0.29) is 12.0 Å². The molecular formula is C26H28N2O5. The van der Waals surface area contributed by atoms with Crippen LogP contribution in [-0.2, 0) is 22.4 Å². The molecule has 1 aromatic heterocycles. The number of hydrogen-bond acceptors (Lipinski definition) is 5. The molecule has 1 N–H and O–H groups in total. The van der Waals surface area contributed by atoms with E-state index in [0.717, 1.165) is 24.2 Å². The number of aromatic nitrogens is 2. The number of benzene rings is 2. The molecule has 3 rings (SSSR count). The van der Waals surface area contributed by atoms with Crippen molar-refractivity contribution in [1.82, 2.24) is 9.55 Å². The van der Waals surface area contributed by atoms with Crippen molar-refractivity contribution in [3.63, 3.8) is 0 Å². The number of unbranched alkanes of at least 4 members (excludes halogenated alkanes) is 1. The van der Waals surface area contributed by atoms with Crippen LogP contribution in [0.15, 0.2) is 60.3 Å². The number of nitrogens with zero attached hydrogens (tertiary/aromatic N) is 2. The molecule has 0 saturated carbocycles. The van der Waals surface area contributed by atoms with Crippen LogP contribution in [0.3, 0.4) is 0 Å². The number of rotatable bonds is 10. The van der Waals surface area contributed by atoms with Crippen LogP contribution in [0, 0.1) is 0 Å². The number of carboxylic acid groups (broad SMARTS) is 1. The lowest BCUT2D eigenvalue weighted by Gasteiger charge is -2.15. The van der Waals surface area contributed by atoms with Gasteiger partial charge in [-0.25, -0.2) is 14.6 Å². The Morgan fingerprint density at radius 2 is 1.88 bits per heavy atom. The SMILES string of the molecule is CCCCc1ncc(C=C(Cc2ccccc2)C(=O)O)n1-c1ccc(OC)cc1C(=O)OC. The van der Waals surface area contributed by atoms with Gasteiger partial charge in [0.15, 0.2) is 0 Å². The second kappa shape index (κ2) is 11.1. The number of carbonyl (C=O) groups excluding carboxylic acids is 1. The minimum absolute atomic E-state index is 0.220. The van der Waals surface area contributed by atoms with Gasteiger partial charge >= 0.3 is 11.9 Å². The van der Waals surface area contributed by atoms with Crippen molar-refractivity contribution in [3.05, 3.63) is 82.9 Å². The van der Waals surface area contributed by atoms with Crippen molar-refractivity contribution in [2.75, 3.05) is 14.2 Å². The predicted octanol–water partition coefficient (Wildman–Crippen LogP) is 4.72. The fourth-order valence-electron chi connectivity index (χ4n) is 3.59. The lowest BCUT2D eigenvalue weighted by Crippen LogP contribution is -2.12. The molecule has 0 amide bonds. The molecule has 7 nitrogen and oxygen atoms in total. The summed E-state index contributed by atoms with van der Waals surface area (Å²) >= 11 is 0. The van der Waals surface area contributed by atoms with E-state index in [9.17, 15) is 14.7 Å². The molecule has 3 aromatic rings. The van der Waals surface area contributed by atoms with Gasteiger partial charge in [0.2, 0.25) is 0 Å². The van der Waals surface area contributed by atoms with Crippen molar-refractivity contribution >= 4 is 18.0 Å². The van der Waals surface area contributed by atoms with Crippen LogP contribution in [0.5, 0.6) is 5.75 Å². The number of imidazole rings is 1. The molecule has 0 aliphatic rings. The number of methoxy groups -OCH3 is 2. The third kappa shape index (κ3) is 5.68. The van der Waals surface area contributed by atoms with E-state index in [4.69, 9.17) is 9.47 Å². The van der Waals surface area contributed by atoms with Gasteiger partial charge in [-0.3, -0.25) is 4.57 Å². The van der Waals surface area contributed by atoms with Crippen LogP contribution >= 0.6 is 0 Å². The maximum absolute atomic E-state index is 12.6. The molecule has 0 unspecified atom stereocenters. The van der Waals surface area contributed by atoms with Crippen molar-refractivity contribution in [2.24, 2.45) is 0 Å². The molecule has 1 heterocycles. The molecule has 0 fully saturated rings. The van der Waals surface area contributed by atoms with Gasteiger partial charge in [-0.15, -0.1) is 0 Å². The van der Waals surface area contributed by atoms with Crippen LogP contribution in [-0.4, -0.2) is 40.8 Å². The normalized spacial score (nSPS) is 11.3. The fraction of sp³-hybridized carbons (Fsp3) is 0.269. The molecule has 0 aliphatic heterocycles. The van der Waals surface area contributed by atoms with Crippen LogP contribution in [0.2, 0.25) is 0 Å². The monoisotopic (exact) mass is 448 g/mol. The molecule has 0 radical (unpaired) electrons. The molecule has 0 spiro atoms. The van der Waals surface area contributed by atoms with E-state index >= 15 is 0 Å². The second-order valence-corrected chi connectivity index (χ2v) is 7.55. The topological polar surface area (TPSA) is 90.6 Å². The van der Waals surface area contributed by atoms with Gasteiger partial charge in [0.05, 0.1) is 37.4 Å². The fourth-order valence-corrected chi connectivity index (χ4v) is 3.59. The van der Waals surface area contributed by atoms with Crippen molar-refractivity contribution in [3.8, 4) is 11.4 Å². The Balaban J connectivity index is 2.17. The number of carbonyl (C=O) groups is 2. The smallest absolute Gasteiger partial charge is 0.340 e. The first-order valence-electron chi connectivity index (χ1n) is 10.8. The summed E-state index contributed by atoms with van der Waals surface area (Å²) in [6.45, 7) is 2.09. The van der Waals surface area contributed by atoms with Gasteiger partial charge in [-0.05, 0) is 36.3 Å². The standard InChI is InChI=1S/C26H28N2O5/c1-4-5-11-24-27-17-20(15-19(25(29)30)14-18-9-7-6-8-10-18)28(24)23-13-12-21(32-2)16-22(23)26(31)33-3/h6-10,12-13,15-17H,4-5,11,14H2,1-3H3,(H,29,30). The number of hydrogen-bond donors (Lipinski definition) is 1. The van der Waals surface area contributed by atoms with Crippen molar-refractivity contribution in [2.45, 2.75) is 32.6 Å². The Morgan fingerprint density at radius 1 is 1.12 bits per heavy atom.